The molecular formula is C14H24N4O3. The smallest absolute Gasteiger partial charge is 0.360 e. The van der Waals surface area contributed by atoms with E-state index in [9.17, 15) is 9.59 Å². The summed E-state index contributed by atoms with van der Waals surface area (Å²) >= 11 is 0. The fourth-order valence-electron chi connectivity index (χ4n) is 2.04. The first-order chi connectivity index (χ1) is 9.79. The van der Waals surface area contributed by atoms with Crippen LogP contribution in [0.2, 0.25) is 0 Å². The lowest BCUT2D eigenvalue weighted by Crippen LogP contribution is -2.31. The van der Waals surface area contributed by atoms with Gasteiger partial charge in [0, 0.05) is 14.1 Å². The van der Waals surface area contributed by atoms with Crippen LogP contribution in [0.15, 0.2) is 0 Å². The monoisotopic (exact) mass is 296 g/mol. The molecule has 0 bridgehead atoms. The second-order valence-corrected chi connectivity index (χ2v) is 5.56. The third-order valence-electron chi connectivity index (χ3n) is 3.03. The molecule has 0 aliphatic rings. The molecule has 118 valence electrons. The van der Waals surface area contributed by atoms with Crippen molar-refractivity contribution in [1.29, 1.82) is 0 Å². The number of amides is 1. The van der Waals surface area contributed by atoms with Gasteiger partial charge < -0.3 is 9.64 Å². The normalized spacial score (nSPS) is 12.3. The summed E-state index contributed by atoms with van der Waals surface area (Å²) in [5.74, 6) is -0.290. The van der Waals surface area contributed by atoms with E-state index in [2.05, 4.69) is 10.3 Å². The van der Waals surface area contributed by atoms with E-state index in [0.29, 0.717) is 18.0 Å². The summed E-state index contributed by atoms with van der Waals surface area (Å²) in [5.41, 5.74) is 0.843. The number of aromatic nitrogens is 3. The lowest BCUT2D eigenvalue weighted by molar-refractivity contribution is -0.132. The zero-order valence-corrected chi connectivity index (χ0v) is 13.6. The average molecular weight is 296 g/mol. The van der Waals surface area contributed by atoms with Crippen molar-refractivity contribution in [3.8, 4) is 0 Å². The van der Waals surface area contributed by atoms with E-state index in [-0.39, 0.29) is 18.2 Å². The molecule has 1 atom stereocenters. The van der Waals surface area contributed by atoms with Crippen molar-refractivity contribution in [3.63, 3.8) is 0 Å². The first-order valence-corrected chi connectivity index (χ1v) is 7.11. The molecule has 0 aliphatic heterocycles. The van der Waals surface area contributed by atoms with Crippen LogP contribution in [0.1, 0.15) is 49.9 Å². The fraction of sp³-hybridized carbons (Fsp3) is 0.714. The molecular weight excluding hydrogens is 272 g/mol. The maximum absolute atomic E-state index is 12.1. The van der Waals surface area contributed by atoms with Gasteiger partial charge in [0.2, 0.25) is 5.91 Å². The summed E-state index contributed by atoms with van der Waals surface area (Å²) in [6.07, 6.45) is 0.603. The zero-order chi connectivity index (χ0) is 16.2. The van der Waals surface area contributed by atoms with Crippen molar-refractivity contribution in [2.24, 2.45) is 5.92 Å². The van der Waals surface area contributed by atoms with Gasteiger partial charge in [0.15, 0.2) is 5.69 Å². The standard InChI is InChI=1S/C14H24N4O3/c1-7-21-14(20)12-11(8-9(2)3)18(16-15-12)10(4)13(19)17(5)6/h9-10H,7-8H2,1-6H3. The molecule has 7 heteroatoms. The Balaban J connectivity index is 3.20. The van der Waals surface area contributed by atoms with Crippen LogP contribution in [0.3, 0.4) is 0 Å². The maximum Gasteiger partial charge on any atom is 0.360 e. The molecule has 0 saturated heterocycles. The second-order valence-electron chi connectivity index (χ2n) is 5.56. The third kappa shape index (κ3) is 4.03. The summed E-state index contributed by atoms with van der Waals surface area (Å²) in [7, 11) is 3.37. The highest BCUT2D eigenvalue weighted by Gasteiger charge is 2.27. The Morgan fingerprint density at radius 2 is 1.90 bits per heavy atom. The van der Waals surface area contributed by atoms with Crippen molar-refractivity contribution in [3.05, 3.63) is 11.4 Å². The van der Waals surface area contributed by atoms with Crippen LogP contribution in [-0.2, 0) is 16.0 Å². The fourth-order valence-corrected chi connectivity index (χ4v) is 2.04. The molecule has 0 aromatic carbocycles. The van der Waals surface area contributed by atoms with Gasteiger partial charge in [-0.05, 0) is 26.2 Å². The minimum absolute atomic E-state index is 0.0969. The van der Waals surface area contributed by atoms with Crippen LogP contribution in [0.25, 0.3) is 0 Å². The van der Waals surface area contributed by atoms with Gasteiger partial charge in [-0.3, -0.25) is 4.79 Å². The summed E-state index contributed by atoms with van der Waals surface area (Å²) in [6.45, 7) is 7.83. The SMILES string of the molecule is CCOC(=O)c1nnn(C(C)C(=O)N(C)C)c1CC(C)C. The van der Waals surface area contributed by atoms with E-state index in [1.165, 1.54) is 9.58 Å². The zero-order valence-electron chi connectivity index (χ0n) is 13.6. The molecule has 7 nitrogen and oxygen atoms in total. The van der Waals surface area contributed by atoms with E-state index in [1.54, 1.807) is 27.9 Å². The Morgan fingerprint density at radius 1 is 1.29 bits per heavy atom. The summed E-state index contributed by atoms with van der Waals surface area (Å²) in [6, 6.07) is -0.510. The molecule has 0 radical (unpaired) electrons. The van der Waals surface area contributed by atoms with Crippen molar-refractivity contribution in [2.45, 2.75) is 40.2 Å². The number of esters is 1. The molecule has 1 unspecified atom stereocenters. The number of nitrogens with zero attached hydrogens (tertiary/aromatic N) is 4. The van der Waals surface area contributed by atoms with Gasteiger partial charge in [0.25, 0.3) is 0 Å². The van der Waals surface area contributed by atoms with Gasteiger partial charge in [-0.1, -0.05) is 19.1 Å². The molecule has 0 aliphatic carbocycles. The van der Waals surface area contributed by atoms with Crippen LogP contribution in [0.5, 0.6) is 0 Å². The van der Waals surface area contributed by atoms with Gasteiger partial charge >= 0.3 is 5.97 Å². The van der Waals surface area contributed by atoms with Crippen LogP contribution >= 0.6 is 0 Å². The van der Waals surface area contributed by atoms with Crippen molar-refractivity contribution in [1.82, 2.24) is 19.9 Å². The minimum Gasteiger partial charge on any atom is -0.461 e. The molecule has 21 heavy (non-hydrogen) atoms. The molecule has 0 saturated carbocycles. The van der Waals surface area contributed by atoms with Crippen LogP contribution < -0.4 is 0 Å². The van der Waals surface area contributed by atoms with Crippen molar-refractivity contribution >= 4 is 11.9 Å². The third-order valence-corrected chi connectivity index (χ3v) is 3.03. The number of carbonyl (C=O) groups is 2. The number of rotatable bonds is 6. The molecule has 1 aromatic heterocycles. The number of hydrogen-bond acceptors (Lipinski definition) is 5. The Labute approximate surface area is 125 Å². The van der Waals surface area contributed by atoms with Crippen LogP contribution in [0.4, 0.5) is 0 Å². The summed E-state index contributed by atoms with van der Waals surface area (Å²) < 4.78 is 6.52. The van der Waals surface area contributed by atoms with Gasteiger partial charge in [0.1, 0.15) is 6.04 Å². The lowest BCUT2D eigenvalue weighted by atomic mass is 10.1. The van der Waals surface area contributed by atoms with Crippen LogP contribution in [-0.4, -0.2) is 52.5 Å². The van der Waals surface area contributed by atoms with E-state index >= 15 is 0 Å². The molecule has 0 spiro atoms. The van der Waals surface area contributed by atoms with Gasteiger partial charge in [-0.2, -0.15) is 0 Å². The van der Waals surface area contributed by atoms with E-state index in [0.717, 1.165) is 0 Å². The highest BCUT2D eigenvalue weighted by Crippen LogP contribution is 2.18. The Hall–Kier alpha value is -1.92. The van der Waals surface area contributed by atoms with Crippen molar-refractivity contribution < 1.29 is 14.3 Å². The molecule has 1 amide bonds. The molecule has 1 heterocycles. The van der Waals surface area contributed by atoms with E-state index in [1.807, 2.05) is 13.8 Å². The Kier molecular flexibility index (Phi) is 5.87. The summed E-state index contributed by atoms with van der Waals surface area (Å²) in [5, 5.41) is 7.91. The van der Waals surface area contributed by atoms with Crippen molar-refractivity contribution in [2.75, 3.05) is 20.7 Å². The first-order valence-electron chi connectivity index (χ1n) is 7.11. The van der Waals surface area contributed by atoms with E-state index in [4.69, 9.17) is 4.74 Å². The Bertz CT molecular complexity index is 508. The maximum atomic E-state index is 12.1. The first kappa shape index (κ1) is 17.1. The van der Waals surface area contributed by atoms with Gasteiger partial charge in [-0.25, -0.2) is 9.48 Å². The predicted octanol–water partition coefficient (Wildman–Crippen LogP) is 1.30. The topological polar surface area (TPSA) is 77.3 Å². The predicted molar refractivity (Wildman–Crippen MR) is 77.9 cm³/mol. The largest absolute Gasteiger partial charge is 0.461 e. The van der Waals surface area contributed by atoms with Crippen LogP contribution in [0, 0.1) is 5.92 Å². The highest BCUT2D eigenvalue weighted by atomic mass is 16.5. The molecule has 1 aromatic rings. The number of hydrogen-bond donors (Lipinski definition) is 0. The van der Waals surface area contributed by atoms with Gasteiger partial charge in [-0.15, -0.1) is 5.10 Å². The average Bonchev–Trinajstić information content (AvgIpc) is 2.80. The molecule has 0 N–H and O–H groups in total. The lowest BCUT2D eigenvalue weighted by Gasteiger charge is -2.19. The Morgan fingerprint density at radius 3 is 2.38 bits per heavy atom. The highest BCUT2D eigenvalue weighted by molar-refractivity contribution is 5.88. The second kappa shape index (κ2) is 7.19. The molecule has 0 fully saturated rings. The number of likely N-dealkylation sites (N-methyl/N-ethyl adjacent to an activating group) is 1. The summed E-state index contributed by atoms with van der Waals surface area (Å²) in [4.78, 5) is 25.6. The molecule has 1 rings (SSSR count). The number of ether oxygens (including phenoxy) is 1. The minimum atomic E-state index is -0.510. The number of carbonyl (C=O) groups excluding carboxylic acids is 2. The van der Waals surface area contributed by atoms with E-state index < -0.39 is 12.0 Å². The van der Waals surface area contributed by atoms with Gasteiger partial charge in [0.05, 0.1) is 12.3 Å². The quantitative estimate of drug-likeness (QED) is 0.740.